The molecule has 4 N–H and O–H groups in total. The van der Waals surface area contributed by atoms with Crippen LogP contribution in [0.15, 0.2) is 24.3 Å². The third kappa shape index (κ3) is 6.20. The van der Waals surface area contributed by atoms with Crippen LogP contribution in [0, 0.1) is 11.3 Å². The van der Waals surface area contributed by atoms with Crippen molar-refractivity contribution in [2.45, 2.75) is 39.2 Å². The molecule has 0 aromatic heterocycles. The Bertz CT molecular complexity index is 778. The van der Waals surface area contributed by atoms with Crippen LogP contribution in [0.25, 0.3) is 0 Å². The molecule has 9 heteroatoms. The predicted octanol–water partition coefficient (Wildman–Crippen LogP) is 1.30. The molecule has 1 saturated heterocycles. The van der Waals surface area contributed by atoms with Crippen LogP contribution in [-0.2, 0) is 14.4 Å². The van der Waals surface area contributed by atoms with Gasteiger partial charge in [0.2, 0.25) is 0 Å². The molecule has 164 valence electrons. The number of ether oxygens (including phenoxy) is 1. The van der Waals surface area contributed by atoms with Gasteiger partial charge in [0.05, 0.1) is 13.0 Å². The van der Waals surface area contributed by atoms with E-state index >= 15 is 0 Å². The Labute approximate surface area is 176 Å². The van der Waals surface area contributed by atoms with E-state index in [4.69, 9.17) is 21.0 Å². The highest BCUT2D eigenvalue weighted by Gasteiger charge is 2.37. The number of rotatable bonds is 11. The third-order valence-electron chi connectivity index (χ3n) is 5.15. The molecule has 9 nitrogen and oxygen atoms in total. The zero-order valence-electron chi connectivity index (χ0n) is 17.5. The van der Waals surface area contributed by atoms with E-state index in [0.717, 1.165) is 0 Å². The number of hydrogen-bond acceptors (Lipinski definition) is 5. The van der Waals surface area contributed by atoms with E-state index in [1.165, 1.54) is 9.80 Å². The largest absolute Gasteiger partial charge is 0.494 e. The van der Waals surface area contributed by atoms with Gasteiger partial charge in [-0.2, -0.15) is 0 Å². The highest BCUT2D eigenvalue weighted by molar-refractivity contribution is 6.35. The molecule has 1 aromatic carbocycles. The first-order chi connectivity index (χ1) is 14.2. The van der Waals surface area contributed by atoms with E-state index in [1.54, 1.807) is 24.3 Å². The van der Waals surface area contributed by atoms with Crippen LogP contribution in [0.2, 0.25) is 0 Å². The summed E-state index contributed by atoms with van der Waals surface area (Å²) < 4.78 is 5.64. The van der Waals surface area contributed by atoms with E-state index in [1.807, 2.05) is 13.8 Å². The number of carbonyl (C=O) groups is 3. The second-order valence-electron chi connectivity index (χ2n) is 7.69. The molecule has 0 radical (unpaired) electrons. The lowest BCUT2D eigenvalue weighted by Gasteiger charge is -2.39. The number of nitrogens with zero attached hydrogens (tertiary/aromatic N) is 2. The van der Waals surface area contributed by atoms with Gasteiger partial charge >= 0.3 is 17.8 Å². The number of benzene rings is 1. The fourth-order valence-corrected chi connectivity index (χ4v) is 3.43. The second-order valence-corrected chi connectivity index (χ2v) is 7.69. The summed E-state index contributed by atoms with van der Waals surface area (Å²) in [4.78, 5) is 39.0. The molecule has 1 aliphatic heterocycles. The average molecular weight is 418 g/mol. The van der Waals surface area contributed by atoms with Crippen LogP contribution in [0.4, 0.5) is 0 Å². The minimum absolute atomic E-state index is 0.00327. The lowest BCUT2D eigenvalue weighted by atomic mass is 9.98. The first-order valence-electron chi connectivity index (χ1n) is 10.1. The predicted molar refractivity (Wildman–Crippen MR) is 111 cm³/mol. The Balaban J connectivity index is 1.76. The van der Waals surface area contributed by atoms with Crippen LogP contribution in [0.5, 0.6) is 5.75 Å². The lowest BCUT2D eigenvalue weighted by Crippen LogP contribution is -2.58. The summed E-state index contributed by atoms with van der Waals surface area (Å²) in [5.41, 5.74) is 6.05. The number of carboxylic acids is 1. The van der Waals surface area contributed by atoms with Crippen molar-refractivity contribution >= 4 is 23.6 Å². The molecule has 0 spiro atoms. The van der Waals surface area contributed by atoms with Crippen LogP contribution in [0.3, 0.4) is 0 Å². The van der Waals surface area contributed by atoms with Gasteiger partial charge in [0.25, 0.3) is 0 Å². The monoisotopic (exact) mass is 418 g/mol. The molecule has 0 aliphatic carbocycles. The number of carbonyl (C=O) groups excluding carboxylic acids is 2. The number of amidine groups is 1. The molecule has 1 fully saturated rings. The van der Waals surface area contributed by atoms with E-state index in [2.05, 4.69) is 0 Å². The molecule has 1 heterocycles. The van der Waals surface area contributed by atoms with Crippen LogP contribution >= 0.6 is 0 Å². The highest BCUT2D eigenvalue weighted by Crippen LogP contribution is 2.19. The lowest BCUT2D eigenvalue weighted by molar-refractivity contribution is -0.159. The Kier molecular flexibility index (Phi) is 8.20. The number of aliphatic carboxylic acids is 1. The highest BCUT2D eigenvalue weighted by atomic mass is 16.5. The van der Waals surface area contributed by atoms with Gasteiger partial charge < -0.3 is 25.4 Å². The topological polar surface area (TPSA) is 137 Å². The molecule has 30 heavy (non-hydrogen) atoms. The van der Waals surface area contributed by atoms with Gasteiger partial charge in [0.1, 0.15) is 11.6 Å². The van der Waals surface area contributed by atoms with Crippen molar-refractivity contribution in [3.63, 3.8) is 0 Å². The number of nitrogen functional groups attached to an aromatic ring is 1. The van der Waals surface area contributed by atoms with Gasteiger partial charge in [0, 0.05) is 31.2 Å². The SMILES string of the molecule is CC(C)C(CC(=O)O)N1CCN(CCCCOc2ccc(C(=N)N)cc2)C(=O)C1=O. The van der Waals surface area contributed by atoms with Crippen LogP contribution in [0.1, 0.15) is 38.7 Å². The molecule has 2 amide bonds. The maximum atomic E-state index is 12.5. The van der Waals surface area contributed by atoms with Crippen LogP contribution < -0.4 is 10.5 Å². The van der Waals surface area contributed by atoms with E-state index in [-0.39, 0.29) is 18.2 Å². The van der Waals surface area contributed by atoms with Crippen molar-refractivity contribution in [3.8, 4) is 5.75 Å². The summed E-state index contributed by atoms with van der Waals surface area (Å²) in [6.07, 6.45) is 1.23. The zero-order chi connectivity index (χ0) is 22.3. The number of amides is 2. The second kappa shape index (κ2) is 10.6. The van der Waals surface area contributed by atoms with Crippen LogP contribution in [-0.4, -0.2) is 70.8 Å². The summed E-state index contributed by atoms with van der Waals surface area (Å²) in [6.45, 7) is 5.38. The van der Waals surface area contributed by atoms with Crippen molar-refractivity contribution in [2.75, 3.05) is 26.2 Å². The van der Waals surface area contributed by atoms with E-state index < -0.39 is 23.8 Å². The molecule has 1 aliphatic rings. The Morgan fingerprint density at radius 2 is 1.83 bits per heavy atom. The van der Waals surface area contributed by atoms with Gasteiger partial charge in [-0.25, -0.2) is 0 Å². The van der Waals surface area contributed by atoms with Crippen molar-refractivity contribution in [2.24, 2.45) is 11.7 Å². The van der Waals surface area contributed by atoms with Crippen molar-refractivity contribution in [1.82, 2.24) is 9.80 Å². The maximum Gasteiger partial charge on any atom is 0.312 e. The number of nitrogens with two attached hydrogens (primary N) is 1. The van der Waals surface area contributed by atoms with E-state index in [9.17, 15) is 14.4 Å². The summed E-state index contributed by atoms with van der Waals surface area (Å²) in [5, 5.41) is 16.5. The first-order valence-corrected chi connectivity index (χ1v) is 10.1. The smallest absolute Gasteiger partial charge is 0.312 e. The Morgan fingerprint density at radius 1 is 1.17 bits per heavy atom. The van der Waals surface area contributed by atoms with Crippen molar-refractivity contribution < 1.29 is 24.2 Å². The average Bonchev–Trinajstić information content (AvgIpc) is 2.69. The van der Waals surface area contributed by atoms with Gasteiger partial charge in [-0.05, 0) is 43.0 Å². The minimum Gasteiger partial charge on any atom is -0.494 e. The molecule has 1 atom stereocenters. The Morgan fingerprint density at radius 3 is 2.40 bits per heavy atom. The quantitative estimate of drug-likeness (QED) is 0.214. The summed E-state index contributed by atoms with van der Waals surface area (Å²) >= 11 is 0. The number of nitrogens with one attached hydrogen (secondary N) is 1. The molecular weight excluding hydrogens is 388 g/mol. The van der Waals surface area contributed by atoms with E-state index in [0.29, 0.717) is 50.4 Å². The minimum atomic E-state index is -0.979. The van der Waals surface area contributed by atoms with Crippen molar-refractivity contribution in [1.29, 1.82) is 5.41 Å². The normalized spacial score (nSPS) is 15.4. The van der Waals surface area contributed by atoms with Crippen molar-refractivity contribution in [3.05, 3.63) is 29.8 Å². The molecule has 0 saturated carbocycles. The molecular formula is C21H30N4O5. The zero-order valence-corrected chi connectivity index (χ0v) is 17.5. The van der Waals surface area contributed by atoms with Gasteiger partial charge in [-0.15, -0.1) is 0 Å². The third-order valence-corrected chi connectivity index (χ3v) is 5.15. The first kappa shape index (κ1) is 23.2. The molecule has 0 bridgehead atoms. The van der Waals surface area contributed by atoms with Gasteiger partial charge in [-0.3, -0.25) is 19.8 Å². The molecule has 2 rings (SSSR count). The number of piperazine rings is 1. The maximum absolute atomic E-state index is 12.5. The summed E-state index contributed by atoms with van der Waals surface area (Å²) in [7, 11) is 0. The fraction of sp³-hybridized carbons (Fsp3) is 0.524. The number of unbranched alkanes of at least 4 members (excludes halogenated alkanes) is 1. The summed E-state index contributed by atoms with van der Waals surface area (Å²) in [6, 6.07) is 6.46. The van der Waals surface area contributed by atoms with Gasteiger partial charge in [-0.1, -0.05) is 13.8 Å². The number of hydrogen-bond donors (Lipinski definition) is 3. The Hall–Kier alpha value is -3.10. The van der Waals surface area contributed by atoms with Gasteiger partial charge in [0.15, 0.2) is 0 Å². The summed E-state index contributed by atoms with van der Waals surface area (Å²) in [5.74, 6) is -1.54. The number of carboxylic acid groups (broad SMARTS) is 1. The molecule has 1 unspecified atom stereocenters. The standard InChI is InChI=1S/C21H30N4O5/c1-14(2)17(13-18(26)27)25-11-10-24(20(28)21(25)29)9-3-4-12-30-16-7-5-15(6-8-16)19(22)23/h5-8,14,17H,3-4,9-13H2,1-2H3,(H3,22,23)(H,26,27). The fourth-order valence-electron chi connectivity index (χ4n) is 3.43. The molecule has 1 aromatic rings.